The van der Waals surface area contributed by atoms with Gasteiger partial charge in [-0.2, -0.15) is 5.10 Å². The number of halogens is 1. The molecule has 5 rings (SSSR count). The number of hydrogen-bond acceptors (Lipinski definition) is 4. The van der Waals surface area contributed by atoms with Crippen molar-refractivity contribution in [1.29, 1.82) is 0 Å². The van der Waals surface area contributed by atoms with E-state index < -0.39 is 12.4 Å². The molecule has 0 spiro atoms. The normalized spacial score (nSPS) is 23.0. The summed E-state index contributed by atoms with van der Waals surface area (Å²) < 4.78 is 16.2. The maximum atomic E-state index is 14.5. The van der Waals surface area contributed by atoms with Crippen LogP contribution in [0, 0.1) is 0 Å². The van der Waals surface area contributed by atoms with Gasteiger partial charge in [0.25, 0.3) is 0 Å². The van der Waals surface area contributed by atoms with Crippen LogP contribution in [0.3, 0.4) is 0 Å². The first kappa shape index (κ1) is 16.6. The number of nitrogens with zero attached hydrogens (tertiary/aromatic N) is 4. The summed E-state index contributed by atoms with van der Waals surface area (Å²) in [5, 5.41) is 15.3. The molecule has 2 aliphatic heterocycles. The SMILES string of the molecule is OC(c1nc2n(n1)[C@@H](c1ccccc1)C[C@H]2F)N1CCc2ccccc2C1. The molecule has 0 radical (unpaired) electrons. The Hall–Kier alpha value is -2.57. The first-order chi connectivity index (χ1) is 13.2. The molecular weight excluding hydrogens is 343 g/mol. The predicted octanol–water partition coefficient (Wildman–Crippen LogP) is 3.33. The molecule has 0 saturated carbocycles. The zero-order valence-electron chi connectivity index (χ0n) is 14.9. The largest absolute Gasteiger partial charge is 0.371 e. The number of alkyl halides is 1. The van der Waals surface area contributed by atoms with Gasteiger partial charge in [0, 0.05) is 19.5 Å². The van der Waals surface area contributed by atoms with Crippen molar-refractivity contribution in [3.63, 3.8) is 0 Å². The molecule has 2 aliphatic rings. The van der Waals surface area contributed by atoms with Gasteiger partial charge in [0.05, 0.1) is 6.04 Å². The Balaban J connectivity index is 1.42. The first-order valence-corrected chi connectivity index (χ1v) is 9.35. The Bertz CT molecular complexity index is 958. The highest BCUT2D eigenvalue weighted by Crippen LogP contribution is 2.40. The minimum Gasteiger partial charge on any atom is -0.371 e. The second kappa shape index (κ2) is 6.55. The Morgan fingerprint density at radius 3 is 2.59 bits per heavy atom. The number of hydrogen-bond donors (Lipinski definition) is 1. The Kier molecular flexibility index (Phi) is 4.02. The maximum Gasteiger partial charge on any atom is 0.194 e. The molecule has 1 aromatic heterocycles. The summed E-state index contributed by atoms with van der Waals surface area (Å²) in [5.41, 5.74) is 3.53. The fourth-order valence-corrected chi connectivity index (χ4v) is 4.15. The van der Waals surface area contributed by atoms with E-state index in [1.807, 2.05) is 47.4 Å². The fraction of sp³-hybridized carbons (Fsp3) is 0.333. The maximum absolute atomic E-state index is 14.5. The minimum atomic E-state index is -1.16. The van der Waals surface area contributed by atoms with Gasteiger partial charge in [-0.1, -0.05) is 54.6 Å². The highest BCUT2D eigenvalue weighted by atomic mass is 19.1. The summed E-state index contributed by atoms with van der Waals surface area (Å²) in [6.45, 7) is 1.37. The monoisotopic (exact) mass is 364 g/mol. The number of aliphatic hydroxyl groups is 1. The standard InChI is InChI=1S/C21H21FN4O/c22-17-12-18(15-7-2-1-3-8-15)26-20(17)23-19(24-26)21(27)25-11-10-14-6-4-5-9-16(14)13-25/h1-9,17-18,21,27H,10-13H2/t17-,18-,21?/m1/s1. The highest BCUT2D eigenvalue weighted by molar-refractivity contribution is 5.29. The van der Waals surface area contributed by atoms with Gasteiger partial charge in [-0.25, -0.2) is 14.1 Å². The van der Waals surface area contributed by atoms with E-state index in [1.54, 1.807) is 4.68 Å². The molecule has 5 nitrogen and oxygen atoms in total. The zero-order chi connectivity index (χ0) is 18.4. The van der Waals surface area contributed by atoms with Crippen LogP contribution in [-0.2, 0) is 13.0 Å². The number of aromatic nitrogens is 3. The molecule has 0 fully saturated rings. The van der Waals surface area contributed by atoms with Crippen LogP contribution in [0.25, 0.3) is 0 Å². The van der Waals surface area contributed by atoms with Crippen LogP contribution in [-0.4, -0.2) is 31.3 Å². The van der Waals surface area contributed by atoms with Gasteiger partial charge in [-0.3, -0.25) is 4.90 Å². The van der Waals surface area contributed by atoms with E-state index in [4.69, 9.17) is 0 Å². The predicted molar refractivity (Wildman–Crippen MR) is 98.6 cm³/mol. The lowest BCUT2D eigenvalue weighted by molar-refractivity contribution is -0.0146. The van der Waals surface area contributed by atoms with Gasteiger partial charge in [0.2, 0.25) is 0 Å². The van der Waals surface area contributed by atoms with Crippen molar-refractivity contribution in [2.24, 2.45) is 0 Å². The molecule has 1 unspecified atom stereocenters. The van der Waals surface area contributed by atoms with Crippen molar-refractivity contribution in [3.05, 3.63) is 82.9 Å². The van der Waals surface area contributed by atoms with Crippen molar-refractivity contribution < 1.29 is 9.50 Å². The molecule has 0 saturated heterocycles. The summed E-state index contributed by atoms with van der Waals surface area (Å²) in [5.74, 6) is 0.600. The third-order valence-corrected chi connectivity index (χ3v) is 5.60. The second-order valence-electron chi connectivity index (χ2n) is 7.27. The van der Waals surface area contributed by atoms with Crippen molar-refractivity contribution in [1.82, 2.24) is 19.7 Å². The Morgan fingerprint density at radius 1 is 1.04 bits per heavy atom. The molecule has 3 heterocycles. The van der Waals surface area contributed by atoms with Crippen molar-refractivity contribution >= 4 is 0 Å². The molecule has 3 atom stereocenters. The van der Waals surface area contributed by atoms with Gasteiger partial charge in [0.15, 0.2) is 24.0 Å². The van der Waals surface area contributed by atoms with E-state index >= 15 is 0 Å². The molecule has 138 valence electrons. The molecule has 0 amide bonds. The molecule has 0 bridgehead atoms. The summed E-state index contributed by atoms with van der Waals surface area (Å²) in [6.07, 6.45) is -0.878. The van der Waals surface area contributed by atoms with E-state index in [-0.39, 0.29) is 11.9 Å². The summed E-state index contributed by atoms with van der Waals surface area (Å²) in [4.78, 5) is 6.31. The van der Waals surface area contributed by atoms with Gasteiger partial charge in [-0.05, 0) is 23.1 Å². The van der Waals surface area contributed by atoms with Crippen LogP contribution < -0.4 is 0 Å². The van der Waals surface area contributed by atoms with Crippen LogP contribution in [0.2, 0.25) is 0 Å². The van der Waals surface area contributed by atoms with E-state index in [9.17, 15) is 9.50 Å². The number of aliphatic hydroxyl groups excluding tert-OH is 1. The lowest BCUT2D eigenvalue weighted by Gasteiger charge is -2.31. The van der Waals surface area contributed by atoms with Gasteiger partial charge < -0.3 is 5.11 Å². The van der Waals surface area contributed by atoms with Crippen molar-refractivity contribution in [2.75, 3.05) is 6.54 Å². The number of fused-ring (bicyclic) bond motifs is 2. The average molecular weight is 364 g/mol. The lowest BCUT2D eigenvalue weighted by atomic mass is 10.00. The molecule has 27 heavy (non-hydrogen) atoms. The summed E-state index contributed by atoms with van der Waals surface area (Å²) >= 11 is 0. The molecule has 6 heteroatoms. The Labute approximate surface area is 157 Å². The summed E-state index contributed by atoms with van der Waals surface area (Å²) in [7, 11) is 0. The van der Waals surface area contributed by atoms with Gasteiger partial charge >= 0.3 is 0 Å². The van der Waals surface area contributed by atoms with Crippen LogP contribution >= 0.6 is 0 Å². The van der Waals surface area contributed by atoms with E-state index in [1.165, 1.54) is 11.1 Å². The van der Waals surface area contributed by atoms with Crippen LogP contribution in [0.1, 0.15) is 53.2 Å². The van der Waals surface area contributed by atoms with Crippen molar-refractivity contribution in [2.45, 2.75) is 37.8 Å². The van der Waals surface area contributed by atoms with Crippen molar-refractivity contribution in [3.8, 4) is 0 Å². The quantitative estimate of drug-likeness (QED) is 0.775. The average Bonchev–Trinajstić information content (AvgIpc) is 3.28. The lowest BCUT2D eigenvalue weighted by Crippen LogP contribution is -2.34. The fourth-order valence-electron chi connectivity index (χ4n) is 4.15. The van der Waals surface area contributed by atoms with E-state index in [0.29, 0.717) is 18.8 Å². The third kappa shape index (κ3) is 2.85. The highest BCUT2D eigenvalue weighted by Gasteiger charge is 2.37. The molecular formula is C21H21FN4O. The second-order valence-corrected chi connectivity index (χ2v) is 7.27. The number of rotatable bonds is 3. The minimum absolute atomic E-state index is 0.174. The third-order valence-electron chi connectivity index (χ3n) is 5.60. The van der Waals surface area contributed by atoms with Crippen LogP contribution in [0.5, 0.6) is 0 Å². The van der Waals surface area contributed by atoms with Gasteiger partial charge in [-0.15, -0.1) is 0 Å². The van der Waals surface area contributed by atoms with Gasteiger partial charge in [0.1, 0.15) is 0 Å². The van der Waals surface area contributed by atoms with Crippen LogP contribution in [0.4, 0.5) is 4.39 Å². The molecule has 1 N–H and O–H groups in total. The first-order valence-electron chi connectivity index (χ1n) is 9.35. The zero-order valence-corrected chi connectivity index (χ0v) is 14.9. The smallest absolute Gasteiger partial charge is 0.194 e. The topological polar surface area (TPSA) is 54.2 Å². The molecule has 0 aliphatic carbocycles. The Morgan fingerprint density at radius 2 is 1.78 bits per heavy atom. The number of benzene rings is 2. The van der Waals surface area contributed by atoms with Crippen LogP contribution in [0.15, 0.2) is 54.6 Å². The molecule has 2 aromatic carbocycles. The van der Waals surface area contributed by atoms with E-state index in [0.717, 1.165) is 18.5 Å². The summed E-state index contributed by atoms with van der Waals surface area (Å²) in [6, 6.07) is 17.9. The molecule has 3 aromatic rings. The van der Waals surface area contributed by atoms with E-state index in [2.05, 4.69) is 22.2 Å².